The Hall–Kier alpha value is -1.59. The number of piperidine rings is 1. The van der Waals surface area contributed by atoms with Crippen molar-refractivity contribution in [2.75, 3.05) is 20.7 Å². The number of carbonyl (C=O) groups excluding carboxylic acids is 1. The van der Waals surface area contributed by atoms with Gasteiger partial charge in [-0.15, -0.1) is 0 Å². The van der Waals surface area contributed by atoms with E-state index in [1.54, 1.807) is 7.11 Å². The van der Waals surface area contributed by atoms with Crippen LogP contribution in [0.4, 0.5) is 0 Å². The summed E-state index contributed by atoms with van der Waals surface area (Å²) >= 11 is 0. The van der Waals surface area contributed by atoms with Crippen molar-refractivity contribution in [3.05, 3.63) is 23.3 Å². The Morgan fingerprint density at radius 2 is 2.04 bits per heavy atom. The fourth-order valence-electron chi connectivity index (χ4n) is 6.41. The first-order chi connectivity index (χ1) is 12.7. The quantitative estimate of drug-likeness (QED) is 0.800. The highest BCUT2D eigenvalue weighted by atomic mass is 16.5. The average Bonchev–Trinajstić information content (AvgIpc) is 2.95. The van der Waals surface area contributed by atoms with Gasteiger partial charge in [-0.05, 0) is 65.3 Å². The predicted octanol–water partition coefficient (Wildman–Crippen LogP) is 2.87. The SMILES string of the molecule is COc1ccc2c3c1O[C@H]1C(=O)CC[C@@]4(OC(C)(C)C)[C@@H](C2)N(C)CC[C@]314. The lowest BCUT2D eigenvalue weighted by Crippen LogP contribution is -2.77. The molecule has 2 aliphatic carbocycles. The molecule has 2 bridgehead atoms. The van der Waals surface area contributed by atoms with Gasteiger partial charge in [0.05, 0.1) is 23.7 Å². The van der Waals surface area contributed by atoms with Crippen LogP contribution in [0.5, 0.6) is 11.5 Å². The highest BCUT2D eigenvalue weighted by Crippen LogP contribution is 2.66. The number of likely N-dealkylation sites (N-methyl/N-ethyl adjacent to an activating group) is 1. The van der Waals surface area contributed by atoms with E-state index < -0.39 is 17.1 Å². The first kappa shape index (κ1) is 17.5. The van der Waals surface area contributed by atoms with Gasteiger partial charge in [0.25, 0.3) is 0 Å². The van der Waals surface area contributed by atoms with E-state index in [2.05, 4.69) is 38.8 Å². The van der Waals surface area contributed by atoms with E-state index in [1.165, 1.54) is 11.1 Å². The van der Waals surface area contributed by atoms with Crippen LogP contribution in [0.1, 0.15) is 51.2 Å². The maximum atomic E-state index is 13.1. The third-order valence-corrected chi connectivity index (χ3v) is 7.18. The van der Waals surface area contributed by atoms with Crippen molar-refractivity contribution in [1.82, 2.24) is 4.90 Å². The molecule has 1 aromatic carbocycles. The number of nitrogens with zero attached hydrogens (tertiary/aromatic N) is 1. The molecule has 146 valence electrons. The summed E-state index contributed by atoms with van der Waals surface area (Å²) in [7, 11) is 3.87. The fourth-order valence-corrected chi connectivity index (χ4v) is 6.41. The van der Waals surface area contributed by atoms with Crippen LogP contribution in [-0.4, -0.2) is 54.7 Å². The van der Waals surface area contributed by atoms with E-state index in [0.717, 1.165) is 37.3 Å². The van der Waals surface area contributed by atoms with Crippen LogP contribution in [0.15, 0.2) is 12.1 Å². The van der Waals surface area contributed by atoms with Gasteiger partial charge in [-0.2, -0.15) is 0 Å². The normalized spacial score (nSPS) is 37.0. The molecule has 2 fully saturated rings. The van der Waals surface area contributed by atoms with Crippen molar-refractivity contribution in [3.8, 4) is 11.5 Å². The van der Waals surface area contributed by atoms with E-state index in [1.807, 2.05) is 6.07 Å². The maximum absolute atomic E-state index is 13.1. The van der Waals surface area contributed by atoms with Crippen molar-refractivity contribution in [1.29, 1.82) is 0 Å². The molecule has 0 radical (unpaired) electrons. The first-order valence-corrected chi connectivity index (χ1v) is 10.0. The minimum atomic E-state index is -0.463. The number of benzene rings is 1. The lowest BCUT2D eigenvalue weighted by Gasteiger charge is -2.65. The lowest BCUT2D eigenvalue weighted by atomic mass is 9.48. The van der Waals surface area contributed by atoms with E-state index >= 15 is 0 Å². The maximum Gasteiger partial charge on any atom is 0.174 e. The molecular formula is C22H29NO4. The second kappa shape index (κ2) is 5.26. The minimum absolute atomic E-state index is 0.206. The lowest BCUT2D eigenvalue weighted by molar-refractivity contribution is -0.246. The number of rotatable bonds is 2. The van der Waals surface area contributed by atoms with Gasteiger partial charge in [0.1, 0.15) is 0 Å². The predicted molar refractivity (Wildman–Crippen MR) is 102 cm³/mol. The second-order valence-corrected chi connectivity index (χ2v) is 9.62. The number of methoxy groups -OCH3 is 1. The summed E-state index contributed by atoms with van der Waals surface area (Å²) in [5.74, 6) is 1.71. The second-order valence-electron chi connectivity index (χ2n) is 9.62. The Morgan fingerprint density at radius 1 is 1.26 bits per heavy atom. The van der Waals surface area contributed by atoms with Crippen LogP contribution < -0.4 is 9.47 Å². The third-order valence-electron chi connectivity index (χ3n) is 7.18. The largest absolute Gasteiger partial charge is 0.493 e. The highest BCUT2D eigenvalue weighted by Gasteiger charge is 2.74. The van der Waals surface area contributed by atoms with Crippen molar-refractivity contribution >= 4 is 5.78 Å². The number of ether oxygens (including phenoxy) is 3. The van der Waals surface area contributed by atoms with Gasteiger partial charge >= 0.3 is 0 Å². The minimum Gasteiger partial charge on any atom is -0.493 e. The number of Topliss-reactive ketones (excluding diaryl/α,β-unsaturated/α-hetero) is 1. The van der Waals surface area contributed by atoms with Crippen molar-refractivity contribution < 1.29 is 19.0 Å². The summed E-state index contributed by atoms with van der Waals surface area (Å²) in [6.07, 6.45) is 2.60. The highest BCUT2D eigenvalue weighted by molar-refractivity contribution is 5.90. The van der Waals surface area contributed by atoms with Gasteiger partial charge in [-0.3, -0.25) is 4.79 Å². The number of likely N-dealkylation sites (tertiary alicyclic amines) is 1. The van der Waals surface area contributed by atoms with Crippen LogP contribution in [0.2, 0.25) is 0 Å². The summed E-state index contributed by atoms with van der Waals surface area (Å²) in [5.41, 5.74) is 1.35. The summed E-state index contributed by atoms with van der Waals surface area (Å²) in [4.78, 5) is 15.5. The topological polar surface area (TPSA) is 48.0 Å². The fraction of sp³-hybridized carbons (Fsp3) is 0.682. The van der Waals surface area contributed by atoms with E-state index in [-0.39, 0.29) is 17.4 Å². The molecule has 0 N–H and O–H groups in total. The van der Waals surface area contributed by atoms with Gasteiger partial charge < -0.3 is 19.1 Å². The summed E-state index contributed by atoms with van der Waals surface area (Å²) in [6, 6.07) is 4.40. The monoisotopic (exact) mass is 371 g/mol. The Kier molecular flexibility index (Phi) is 3.41. The van der Waals surface area contributed by atoms with Gasteiger partial charge in [-0.1, -0.05) is 6.07 Å². The zero-order chi connectivity index (χ0) is 19.2. The van der Waals surface area contributed by atoms with Crippen LogP contribution in [0, 0.1) is 0 Å². The molecule has 0 unspecified atom stereocenters. The number of ketones is 1. The van der Waals surface area contributed by atoms with Crippen molar-refractivity contribution in [3.63, 3.8) is 0 Å². The van der Waals surface area contributed by atoms with E-state index in [9.17, 15) is 4.79 Å². The molecule has 1 spiro atoms. The van der Waals surface area contributed by atoms with Gasteiger partial charge in [0, 0.05) is 18.0 Å². The molecule has 0 aromatic heterocycles. The van der Waals surface area contributed by atoms with Crippen molar-refractivity contribution in [2.24, 2.45) is 0 Å². The van der Waals surface area contributed by atoms with Crippen LogP contribution in [0.25, 0.3) is 0 Å². The van der Waals surface area contributed by atoms with Crippen molar-refractivity contribution in [2.45, 2.75) is 75.2 Å². The van der Waals surface area contributed by atoms with Gasteiger partial charge in [-0.25, -0.2) is 0 Å². The molecule has 5 nitrogen and oxygen atoms in total. The van der Waals surface area contributed by atoms with Crippen LogP contribution >= 0.6 is 0 Å². The smallest absolute Gasteiger partial charge is 0.174 e. The standard InChI is InChI=1S/C22H29NO4/c1-20(2,3)27-22-9-8-14(24)19-21(22)10-11-23(4)16(22)12-13-6-7-15(25-5)18(26-19)17(13)21/h6-7,16,19H,8-12H2,1-5H3/t16-,19+,21+,22-/m1/s1. The third kappa shape index (κ3) is 1.99. The Morgan fingerprint density at radius 3 is 2.74 bits per heavy atom. The molecule has 2 heterocycles. The molecule has 4 aliphatic rings. The molecule has 1 aromatic rings. The molecule has 4 atom stereocenters. The molecule has 5 heteroatoms. The molecule has 2 aliphatic heterocycles. The number of carbonyl (C=O) groups is 1. The zero-order valence-corrected chi connectivity index (χ0v) is 16.9. The van der Waals surface area contributed by atoms with E-state index in [4.69, 9.17) is 14.2 Å². The Labute approximate surface area is 161 Å². The van der Waals surface area contributed by atoms with E-state index in [0.29, 0.717) is 6.42 Å². The Balaban J connectivity index is 1.83. The molecule has 27 heavy (non-hydrogen) atoms. The molecule has 5 rings (SSSR count). The van der Waals surface area contributed by atoms with Gasteiger partial charge in [0.15, 0.2) is 23.4 Å². The Bertz CT molecular complexity index is 828. The first-order valence-electron chi connectivity index (χ1n) is 10.0. The molecule has 1 saturated heterocycles. The number of hydrogen-bond acceptors (Lipinski definition) is 5. The summed E-state index contributed by atoms with van der Waals surface area (Å²) < 4.78 is 19.0. The summed E-state index contributed by atoms with van der Waals surface area (Å²) in [6.45, 7) is 7.31. The molecule has 0 amide bonds. The summed E-state index contributed by atoms with van der Waals surface area (Å²) in [5, 5.41) is 0. The average molecular weight is 371 g/mol. The zero-order valence-electron chi connectivity index (χ0n) is 16.9. The van der Waals surface area contributed by atoms with Crippen LogP contribution in [0.3, 0.4) is 0 Å². The number of hydrogen-bond donors (Lipinski definition) is 0. The molecular weight excluding hydrogens is 342 g/mol. The van der Waals surface area contributed by atoms with Crippen LogP contribution in [-0.2, 0) is 21.4 Å². The molecule has 1 saturated carbocycles. The van der Waals surface area contributed by atoms with Gasteiger partial charge in [0.2, 0.25) is 0 Å².